The summed E-state index contributed by atoms with van der Waals surface area (Å²) >= 11 is 0. The van der Waals surface area contributed by atoms with Crippen molar-refractivity contribution in [2.75, 3.05) is 25.1 Å². The van der Waals surface area contributed by atoms with Crippen LogP contribution in [-0.2, 0) is 4.74 Å². The normalized spacial score (nSPS) is 12.3. The highest BCUT2D eigenvalue weighted by molar-refractivity contribution is 5.93. The maximum atomic E-state index is 12.3. The quantitative estimate of drug-likeness (QED) is 0.439. The smallest absolute Gasteiger partial charge is 0.404 e. The summed E-state index contributed by atoms with van der Waals surface area (Å²) in [5.41, 5.74) is 5.72. The minimum atomic E-state index is -4.77. The molecular weight excluding hydrogens is 299 g/mol. The number of hydrogen-bond acceptors (Lipinski definition) is 3. The van der Waals surface area contributed by atoms with Gasteiger partial charge >= 0.3 is 6.36 Å². The Hall–Kier alpha value is -1.96. The summed E-state index contributed by atoms with van der Waals surface area (Å²) in [6, 6.07) is 5.60. The summed E-state index contributed by atoms with van der Waals surface area (Å²) in [5, 5.41) is 2.58. The molecule has 0 amide bonds. The Morgan fingerprint density at radius 1 is 1.27 bits per heavy atom. The highest BCUT2D eigenvalue weighted by Gasteiger charge is 2.32. The van der Waals surface area contributed by atoms with Gasteiger partial charge in [-0.3, -0.25) is 4.99 Å². The number of hydrogen-bond donors (Lipinski definition) is 2. The predicted molar refractivity (Wildman–Crippen MR) is 79.0 cm³/mol. The van der Waals surface area contributed by atoms with E-state index in [1.165, 1.54) is 18.2 Å². The predicted octanol–water partition coefficient (Wildman–Crippen LogP) is 3.13. The largest absolute Gasteiger partial charge is 0.573 e. The van der Waals surface area contributed by atoms with Gasteiger partial charge in [0.2, 0.25) is 0 Å². The van der Waals surface area contributed by atoms with Crippen LogP contribution in [0.4, 0.5) is 18.9 Å². The zero-order valence-corrected chi connectivity index (χ0v) is 12.3. The number of nitrogens with two attached hydrogens (primary N) is 1. The topological polar surface area (TPSA) is 68.9 Å². The van der Waals surface area contributed by atoms with Gasteiger partial charge in [0, 0.05) is 6.61 Å². The number of nitrogens with zero attached hydrogens (tertiary/aromatic N) is 1. The van der Waals surface area contributed by atoms with Crippen molar-refractivity contribution in [2.45, 2.75) is 26.1 Å². The van der Waals surface area contributed by atoms with Crippen LogP contribution in [0.2, 0.25) is 0 Å². The van der Waals surface area contributed by atoms with Gasteiger partial charge in [-0.1, -0.05) is 25.5 Å². The number of benzene rings is 1. The average Bonchev–Trinajstić information content (AvgIpc) is 2.43. The number of alkyl halides is 3. The molecule has 0 saturated carbocycles. The highest BCUT2D eigenvalue weighted by Crippen LogP contribution is 2.29. The summed E-state index contributed by atoms with van der Waals surface area (Å²) in [6.45, 7) is 3.44. The van der Waals surface area contributed by atoms with E-state index in [1.54, 1.807) is 6.07 Å². The first-order valence-electron chi connectivity index (χ1n) is 6.92. The van der Waals surface area contributed by atoms with E-state index in [-0.39, 0.29) is 17.4 Å². The number of halogens is 3. The SMILES string of the molecule is CCCCOCCN=C(N)Nc1ccccc1OC(F)(F)F. The Bertz CT molecular complexity index is 479. The number of para-hydroxylation sites is 2. The van der Waals surface area contributed by atoms with Crippen molar-refractivity contribution >= 4 is 11.6 Å². The summed E-state index contributed by atoms with van der Waals surface area (Å²) in [7, 11) is 0. The molecule has 0 aromatic heterocycles. The summed E-state index contributed by atoms with van der Waals surface area (Å²) in [4.78, 5) is 3.98. The summed E-state index contributed by atoms with van der Waals surface area (Å²) in [5.74, 6) is -0.371. The number of unbranched alkanes of at least 4 members (excludes halogenated alkanes) is 1. The maximum absolute atomic E-state index is 12.3. The van der Waals surface area contributed by atoms with E-state index >= 15 is 0 Å². The Morgan fingerprint density at radius 3 is 2.68 bits per heavy atom. The Morgan fingerprint density at radius 2 is 2.00 bits per heavy atom. The zero-order valence-electron chi connectivity index (χ0n) is 12.3. The molecule has 5 nitrogen and oxygen atoms in total. The number of ether oxygens (including phenoxy) is 2. The summed E-state index contributed by atoms with van der Waals surface area (Å²) in [6.07, 6.45) is -2.75. The van der Waals surface area contributed by atoms with Crippen LogP contribution in [-0.4, -0.2) is 32.1 Å². The molecule has 1 aromatic carbocycles. The summed E-state index contributed by atoms with van der Waals surface area (Å²) < 4.78 is 46.0. The molecule has 0 bridgehead atoms. The monoisotopic (exact) mass is 319 g/mol. The van der Waals surface area contributed by atoms with Crippen molar-refractivity contribution in [3.05, 3.63) is 24.3 Å². The molecule has 1 rings (SSSR count). The second-order valence-electron chi connectivity index (χ2n) is 4.40. The first-order valence-corrected chi connectivity index (χ1v) is 6.92. The highest BCUT2D eigenvalue weighted by atomic mass is 19.4. The molecule has 0 unspecified atom stereocenters. The van der Waals surface area contributed by atoms with Crippen LogP contribution in [0.25, 0.3) is 0 Å². The molecule has 22 heavy (non-hydrogen) atoms. The molecular formula is C14H20F3N3O2. The van der Waals surface area contributed by atoms with E-state index in [0.29, 0.717) is 19.8 Å². The first-order chi connectivity index (χ1) is 10.4. The lowest BCUT2D eigenvalue weighted by Gasteiger charge is -2.14. The zero-order chi connectivity index (χ0) is 16.4. The minimum Gasteiger partial charge on any atom is -0.404 e. The number of anilines is 1. The number of guanidine groups is 1. The molecule has 0 atom stereocenters. The van der Waals surface area contributed by atoms with E-state index in [2.05, 4.69) is 22.0 Å². The molecule has 0 aliphatic carbocycles. The van der Waals surface area contributed by atoms with Crippen molar-refractivity contribution in [3.63, 3.8) is 0 Å². The molecule has 0 radical (unpaired) electrons. The van der Waals surface area contributed by atoms with E-state index in [4.69, 9.17) is 10.5 Å². The van der Waals surface area contributed by atoms with Crippen LogP contribution in [0.3, 0.4) is 0 Å². The first kappa shape index (κ1) is 18.1. The average molecular weight is 319 g/mol. The molecule has 124 valence electrons. The van der Waals surface area contributed by atoms with Gasteiger partial charge in [-0.2, -0.15) is 0 Å². The van der Waals surface area contributed by atoms with Crippen LogP contribution in [0.15, 0.2) is 29.3 Å². The third-order valence-electron chi connectivity index (χ3n) is 2.54. The molecule has 3 N–H and O–H groups in total. The van der Waals surface area contributed by atoms with Crippen molar-refractivity contribution in [1.29, 1.82) is 0 Å². The third-order valence-corrected chi connectivity index (χ3v) is 2.54. The van der Waals surface area contributed by atoms with Gasteiger partial charge in [0.05, 0.1) is 18.8 Å². The number of nitrogens with one attached hydrogen (secondary N) is 1. The van der Waals surface area contributed by atoms with Crippen LogP contribution < -0.4 is 15.8 Å². The molecule has 8 heteroatoms. The molecule has 0 saturated heterocycles. The fourth-order valence-corrected chi connectivity index (χ4v) is 1.54. The van der Waals surface area contributed by atoms with Crippen LogP contribution in [0.5, 0.6) is 5.75 Å². The van der Waals surface area contributed by atoms with E-state index in [0.717, 1.165) is 12.8 Å². The van der Waals surface area contributed by atoms with Gasteiger partial charge in [-0.15, -0.1) is 13.2 Å². The molecule has 0 fully saturated rings. The maximum Gasteiger partial charge on any atom is 0.573 e. The molecule has 0 heterocycles. The van der Waals surface area contributed by atoms with Crippen molar-refractivity contribution in [3.8, 4) is 5.75 Å². The molecule has 0 aliphatic heterocycles. The van der Waals surface area contributed by atoms with E-state index in [1.807, 2.05) is 0 Å². The van der Waals surface area contributed by atoms with E-state index in [9.17, 15) is 13.2 Å². The third kappa shape index (κ3) is 7.72. The molecule has 0 aliphatic rings. The lowest BCUT2D eigenvalue weighted by Crippen LogP contribution is -2.25. The second kappa shape index (κ2) is 9.14. The van der Waals surface area contributed by atoms with Gasteiger partial charge in [0.15, 0.2) is 11.7 Å². The van der Waals surface area contributed by atoms with Crippen molar-refractivity contribution in [1.82, 2.24) is 0 Å². The lowest BCUT2D eigenvalue weighted by atomic mass is 10.3. The fraction of sp³-hybridized carbons (Fsp3) is 0.500. The fourth-order valence-electron chi connectivity index (χ4n) is 1.54. The number of aliphatic imine (C=N–C) groups is 1. The number of rotatable bonds is 8. The van der Waals surface area contributed by atoms with Gasteiger partial charge in [-0.25, -0.2) is 0 Å². The van der Waals surface area contributed by atoms with Gasteiger partial charge < -0.3 is 20.5 Å². The second-order valence-corrected chi connectivity index (χ2v) is 4.40. The molecule has 0 spiro atoms. The van der Waals surface area contributed by atoms with E-state index < -0.39 is 6.36 Å². The van der Waals surface area contributed by atoms with Crippen molar-refractivity contribution in [2.24, 2.45) is 10.7 Å². The van der Waals surface area contributed by atoms with Gasteiger partial charge in [-0.05, 0) is 18.6 Å². The Kier molecular flexibility index (Phi) is 7.51. The van der Waals surface area contributed by atoms with Crippen LogP contribution >= 0.6 is 0 Å². The van der Waals surface area contributed by atoms with Crippen LogP contribution in [0.1, 0.15) is 19.8 Å². The van der Waals surface area contributed by atoms with Gasteiger partial charge in [0.1, 0.15) is 0 Å². The van der Waals surface area contributed by atoms with Gasteiger partial charge in [0.25, 0.3) is 0 Å². The van der Waals surface area contributed by atoms with Crippen molar-refractivity contribution < 1.29 is 22.6 Å². The van der Waals surface area contributed by atoms with Crippen LogP contribution in [0, 0.1) is 0 Å². The Balaban J connectivity index is 2.51. The lowest BCUT2D eigenvalue weighted by molar-refractivity contribution is -0.274. The standard InChI is InChI=1S/C14H20F3N3O2/c1-2-3-9-21-10-8-19-13(18)20-11-6-4-5-7-12(11)22-14(15,16)17/h4-7H,2-3,8-10H2,1H3,(H3,18,19,20). The Labute approximate surface area is 127 Å². The minimum absolute atomic E-state index is 0.00249. The molecule has 1 aromatic rings.